The second kappa shape index (κ2) is 8.26. The Morgan fingerprint density at radius 3 is 2.93 bits per heavy atom. The lowest BCUT2D eigenvalue weighted by atomic mass is 10.1. The van der Waals surface area contributed by atoms with E-state index < -0.39 is 0 Å². The number of hydrogen-bond donors (Lipinski definition) is 0. The van der Waals surface area contributed by atoms with Gasteiger partial charge in [-0.05, 0) is 11.6 Å². The van der Waals surface area contributed by atoms with Gasteiger partial charge in [0.15, 0.2) is 5.82 Å². The average molecular weight is 382 g/mol. The minimum atomic E-state index is -0.206. The highest BCUT2D eigenvalue weighted by molar-refractivity contribution is 5.76. The molecule has 1 amide bonds. The normalized spacial score (nSPS) is 17.0. The van der Waals surface area contributed by atoms with Crippen LogP contribution in [-0.4, -0.2) is 65.5 Å². The number of ether oxygens (including phenoxy) is 1. The van der Waals surface area contributed by atoms with Gasteiger partial charge in [-0.2, -0.15) is 9.90 Å². The molecular formula is C18H22N8O2. The van der Waals surface area contributed by atoms with Gasteiger partial charge in [0.2, 0.25) is 11.7 Å². The van der Waals surface area contributed by atoms with E-state index in [2.05, 4.69) is 25.5 Å². The molecule has 3 aromatic rings. The second-order valence-electron chi connectivity index (χ2n) is 6.60. The summed E-state index contributed by atoms with van der Waals surface area (Å²) in [4.78, 5) is 20.4. The summed E-state index contributed by atoms with van der Waals surface area (Å²) in [5.74, 6) is 1.39. The zero-order valence-corrected chi connectivity index (χ0v) is 15.7. The summed E-state index contributed by atoms with van der Waals surface area (Å²) in [6.07, 6.45) is 2.52. The van der Waals surface area contributed by atoms with Crippen LogP contribution in [-0.2, 0) is 23.1 Å². The highest BCUT2D eigenvalue weighted by Gasteiger charge is 2.31. The van der Waals surface area contributed by atoms with Gasteiger partial charge >= 0.3 is 0 Å². The van der Waals surface area contributed by atoms with Gasteiger partial charge < -0.3 is 9.64 Å². The topological polar surface area (TPSA) is 104 Å². The Morgan fingerprint density at radius 1 is 1.29 bits per heavy atom. The van der Waals surface area contributed by atoms with Crippen LogP contribution in [0.15, 0.2) is 36.7 Å². The SMILES string of the molecule is Cn1ncnc1C1COCCN1C(=O)CCCn1nnc(-c2ccccc2)n1. The molecule has 0 aliphatic carbocycles. The molecule has 1 aliphatic heterocycles. The molecule has 1 saturated heterocycles. The quantitative estimate of drug-likeness (QED) is 0.622. The zero-order chi connectivity index (χ0) is 19.3. The lowest BCUT2D eigenvalue weighted by molar-refractivity contribution is -0.140. The first-order valence-corrected chi connectivity index (χ1v) is 9.26. The molecule has 4 rings (SSSR count). The molecule has 1 atom stereocenters. The van der Waals surface area contributed by atoms with Crippen molar-refractivity contribution in [3.05, 3.63) is 42.5 Å². The van der Waals surface area contributed by atoms with Crippen molar-refractivity contribution in [3.63, 3.8) is 0 Å². The highest BCUT2D eigenvalue weighted by atomic mass is 16.5. The third-order valence-electron chi connectivity index (χ3n) is 4.73. The maximum absolute atomic E-state index is 12.8. The molecular weight excluding hydrogens is 360 g/mol. The number of amides is 1. The number of aromatic nitrogens is 7. The first-order valence-electron chi connectivity index (χ1n) is 9.26. The summed E-state index contributed by atoms with van der Waals surface area (Å²) in [6, 6.07) is 9.49. The van der Waals surface area contributed by atoms with Gasteiger partial charge in [0.25, 0.3) is 0 Å². The molecule has 146 valence electrons. The third-order valence-corrected chi connectivity index (χ3v) is 4.73. The summed E-state index contributed by atoms with van der Waals surface area (Å²) in [7, 11) is 1.82. The van der Waals surface area contributed by atoms with Gasteiger partial charge in [0.1, 0.15) is 12.4 Å². The maximum atomic E-state index is 12.8. The van der Waals surface area contributed by atoms with Crippen molar-refractivity contribution < 1.29 is 9.53 Å². The van der Waals surface area contributed by atoms with Gasteiger partial charge in [-0.15, -0.1) is 10.2 Å². The molecule has 3 heterocycles. The number of morpholine rings is 1. The van der Waals surface area contributed by atoms with Gasteiger partial charge in [-0.1, -0.05) is 30.3 Å². The number of carbonyl (C=O) groups is 1. The van der Waals surface area contributed by atoms with E-state index in [1.807, 2.05) is 42.3 Å². The van der Waals surface area contributed by atoms with E-state index in [1.165, 1.54) is 11.1 Å². The molecule has 0 N–H and O–H groups in total. The zero-order valence-electron chi connectivity index (χ0n) is 15.7. The minimum absolute atomic E-state index is 0.0692. The monoisotopic (exact) mass is 382 g/mol. The van der Waals surface area contributed by atoms with E-state index in [-0.39, 0.29) is 11.9 Å². The molecule has 1 aromatic carbocycles. The maximum Gasteiger partial charge on any atom is 0.223 e. The van der Waals surface area contributed by atoms with E-state index in [4.69, 9.17) is 4.74 Å². The molecule has 0 radical (unpaired) electrons. The molecule has 0 saturated carbocycles. The van der Waals surface area contributed by atoms with Gasteiger partial charge in [0.05, 0.1) is 19.8 Å². The van der Waals surface area contributed by atoms with Crippen LogP contribution in [0.4, 0.5) is 0 Å². The summed E-state index contributed by atoms with van der Waals surface area (Å²) in [6.45, 7) is 2.05. The number of tetrazole rings is 1. The van der Waals surface area contributed by atoms with E-state index in [1.54, 1.807) is 4.68 Å². The number of nitrogens with zero attached hydrogens (tertiary/aromatic N) is 8. The number of carbonyl (C=O) groups excluding carboxylic acids is 1. The van der Waals surface area contributed by atoms with E-state index in [0.29, 0.717) is 45.0 Å². The van der Waals surface area contributed by atoms with Crippen molar-refractivity contribution in [2.75, 3.05) is 19.8 Å². The molecule has 0 spiro atoms. The summed E-state index contributed by atoms with van der Waals surface area (Å²) < 4.78 is 7.24. The Hall–Kier alpha value is -3.14. The summed E-state index contributed by atoms with van der Waals surface area (Å²) in [5, 5.41) is 16.6. The second-order valence-corrected chi connectivity index (χ2v) is 6.60. The van der Waals surface area contributed by atoms with E-state index >= 15 is 0 Å². The Balaban J connectivity index is 1.34. The average Bonchev–Trinajstić information content (AvgIpc) is 3.38. The molecule has 1 unspecified atom stereocenters. The van der Waals surface area contributed by atoms with Crippen molar-refractivity contribution in [1.29, 1.82) is 0 Å². The van der Waals surface area contributed by atoms with Crippen molar-refractivity contribution in [2.24, 2.45) is 7.05 Å². The van der Waals surface area contributed by atoms with Crippen molar-refractivity contribution in [1.82, 2.24) is 39.9 Å². The first-order chi connectivity index (χ1) is 13.7. The fourth-order valence-corrected chi connectivity index (χ4v) is 3.28. The molecule has 1 aliphatic rings. The first kappa shape index (κ1) is 18.2. The van der Waals surface area contributed by atoms with Gasteiger partial charge in [0, 0.05) is 25.6 Å². The smallest absolute Gasteiger partial charge is 0.223 e. The molecule has 10 nitrogen and oxygen atoms in total. The molecule has 0 bridgehead atoms. The summed E-state index contributed by atoms with van der Waals surface area (Å²) in [5.41, 5.74) is 0.921. The van der Waals surface area contributed by atoms with Crippen LogP contribution >= 0.6 is 0 Å². The Bertz CT molecular complexity index is 923. The number of benzene rings is 1. The standard InChI is InChI=1S/C18H22N8O2/c1-24-18(19-13-20-24)15-12-28-11-10-25(15)16(27)8-5-9-26-22-17(21-23-26)14-6-3-2-4-7-14/h2-4,6-7,13,15H,5,8-12H2,1H3. The van der Waals surface area contributed by atoms with Crippen LogP contribution in [0.3, 0.4) is 0 Å². The minimum Gasteiger partial charge on any atom is -0.377 e. The van der Waals surface area contributed by atoms with E-state index in [9.17, 15) is 4.79 Å². The highest BCUT2D eigenvalue weighted by Crippen LogP contribution is 2.23. The van der Waals surface area contributed by atoms with Crippen molar-refractivity contribution >= 4 is 5.91 Å². The summed E-state index contributed by atoms with van der Waals surface area (Å²) >= 11 is 0. The molecule has 10 heteroatoms. The van der Waals surface area contributed by atoms with Gasteiger partial charge in [-0.25, -0.2) is 4.98 Å². The number of hydrogen-bond acceptors (Lipinski definition) is 7. The predicted octanol–water partition coefficient (Wildman–Crippen LogP) is 0.849. The number of rotatable bonds is 6. The van der Waals surface area contributed by atoms with Crippen LogP contribution in [0, 0.1) is 0 Å². The van der Waals surface area contributed by atoms with E-state index in [0.717, 1.165) is 11.4 Å². The van der Waals surface area contributed by atoms with Crippen molar-refractivity contribution in [2.45, 2.75) is 25.4 Å². The van der Waals surface area contributed by atoms with Crippen molar-refractivity contribution in [3.8, 4) is 11.4 Å². The molecule has 28 heavy (non-hydrogen) atoms. The Labute approximate surface area is 162 Å². The third kappa shape index (κ3) is 3.91. The van der Waals surface area contributed by atoms with Crippen LogP contribution in [0.2, 0.25) is 0 Å². The Morgan fingerprint density at radius 2 is 2.14 bits per heavy atom. The molecule has 2 aromatic heterocycles. The van der Waals surface area contributed by atoms with Crippen LogP contribution in [0.25, 0.3) is 11.4 Å². The lowest BCUT2D eigenvalue weighted by Gasteiger charge is -2.34. The van der Waals surface area contributed by atoms with Crippen LogP contribution in [0.1, 0.15) is 24.7 Å². The largest absolute Gasteiger partial charge is 0.377 e. The fourth-order valence-electron chi connectivity index (χ4n) is 3.28. The lowest BCUT2D eigenvalue weighted by Crippen LogP contribution is -2.44. The fraction of sp³-hybridized carbons (Fsp3) is 0.444. The van der Waals surface area contributed by atoms with Crippen LogP contribution < -0.4 is 0 Å². The predicted molar refractivity (Wildman–Crippen MR) is 98.8 cm³/mol. The Kier molecular flexibility index (Phi) is 5.38. The number of aryl methyl sites for hydroxylation is 2. The van der Waals surface area contributed by atoms with Gasteiger partial charge in [-0.3, -0.25) is 9.48 Å². The molecule has 1 fully saturated rings. The van der Waals surface area contributed by atoms with Crippen LogP contribution in [0.5, 0.6) is 0 Å².